The highest BCUT2D eigenvalue weighted by molar-refractivity contribution is 5.71. The van der Waals surface area contributed by atoms with Gasteiger partial charge in [0.15, 0.2) is 0 Å². The molecule has 2 aliphatic rings. The number of anilines is 3. The molecule has 9 heteroatoms. The number of benzene rings is 1. The Kier molecular flexibility index (Phi) is 5.23. The third-order valence-corrected chi connectivity index (χ3v) is 5.45. The lowest BCUT2D eigenvalue weighted by Crippen LogP contribution is -2.47. The fourth-order valence-electron chi connectivity index (χ4n) is 3.97. The van der Waals surface area contributed by atoms with E-state index in [0.29, 0.717) is 37.8 Å². The topological polar surface area (TPSA) is 87.4 Å². The van der Waals surface area contributed by atoms with E-state index in [1.165, 1.54) is 18.5 Å². The Balaban J connectivity index is 1.51. The molecule has 0 bridgehead atoms. The Labute approximate surface area is 162 Å². The minimum Gasteiger partial charge on any atom is -0.368 e. The molecule has 1 N–H and O–H groups in total. The van der Waals surface area contributed by atoms with Crippen LogP contribution in [-0.2, 0) is 0 Å². The van der Waals surface area contributed by atoms with Crippen LogP contribution in [0.2, 0.25) is 0 Å². The first-order valence-corrected chi connectivity index (χ1v) is 9.63. The second-order valence-corrected chi connectivity index (χ2v) is 7.23. The summed E-state index contributed by atoms with van der Waals surface area (Å²) >= 11 is 0. The molecule has 0 amide bonds. The van der Waals surface area contributed by atoms with Gasteiger partial charge in [0.1, 0.15) is 12.1 Å². The number of aromatic nitrogens is 2. The molecule has 0 atom stereocenters. The zero-order valence-corrected chi connectivity index (χ0v) is 15.6. The van der Waals surface area contributed by atoms with Gasteiger partial charge < -0.3 is 15.1 Å². The average Bonchev–Trinajstić information content (AvgIpc) is 3.21. The summed E-state index contributed by atoms with van der Waals surface area (Å²) in [6.07, 6.45) is 5.68. The zero-order valence-electron chi connectivity index (χ0n) is 15.6. The summed E-state index contributed by atoms with van der Waals surface area (Å²) in [4.78, 5) is 23.9. The minimum absolute atomic E-state index is 0.0513. The van der Waals surface area contributed by atoms with Crippen LogP contribution >= 0.6 is 0 Å². The smallest absolute Gasteiger partial charge is 0.353 e. The van der Waals surface area contributed by atoms with Crippen molar-refractivity contribution < 1.29 is 9.31 Å². The van der Waals surface area contributed by atoms with E-state index in [1.54, 1.807) is 12.1 Å². The van der Waals surface area contributed by atoms with Crippen molar-refractivity contribution in [1.29, 1.82) is 0 Å². The molecule has 1 saturated carbocycles. The highest BCUT2D eigenvalue weighted by Crippen LogP contribution is 2.34. The molecule has 1 saturated heterocycles. The number of rotatable bonds is 5. The molecule has 1 aliphatic heterocycles. The lowest BCUT2D eigenvalue weighted by atomic mass is 10.2. The van der Waals surface area contributed by atoms with Gasteiger partial charge in [-0.3, -0.25) is 10.1 Å². The van der Waals surface area contributed by atoms with Crippen molar-refractivity contribution in [3.8, 4) is 0 Å². The van der Waals surface area contributed by atoms with E-state index in [-0.39, 0.29) is 22.5 Å². The molecule has 8 nitrogen and oxygen atoms in total. The van der Waals surface area contributed by atoms with E-state index >= 15 is 0 Å². The van der Waals surface area contributed by atoms with Crippen LogP contribution in [0.15, 0.2) is 30.6 Å². The SMILES string of the molecule is O=[N+]([O-])c1c(NC2CCCC2)ncnc1N1CCN(c2ccc(F)cc2)CC1. The van der Waals surface area contributed by atoms with E-state index < -0.39 is 0 Å². The van der Waals surface area contributed by atoms with Gasteiger partial charge >= 0.3 is 5.69 Å². The second-order valence-electron chi connectivity index (χ2n) is 7.23. The number of nitro groups is 1. The molecule has 1 aromatic heterocycles. The zero-order chi connectivity index (χ0) is 19.5. The van der Waals surface area contributed by atoms with Crippen molar-refractivity contribution in [3.05, 3.63) is 46.5 Å². The third-order valence-electron chi connectivity index (χ3n) is 5.45. The van der Waals surface area contributed by atoms with Gasteiger partial charge in [0.25, 0.3) is 0 Å². The van der Waals surface area contributed by atoms with Gasteiger partial charge in [-0.2, -0.15) is 0 Å². The molecule has 148 valence electrons. The van der Waals surface area contributed by atoms with Gasteiger partial charge in [-0.05, 0) is 37.1 Å². The van der Waals surface area contributed by atoms with E-state index in [1.807, 2.05) is 4.90 Å². The molecule has 2 fully saturated rings. The van der Waals surface area contributed by atoms with Crippen LogP contribution in [0.4, 0.5) is 27.4 Å². The molecule has 2 aromatic rings. The van der Waals surface area contributed by atoms with Crippen LogP contribution < -0.4 is 15.1 Å². The van der Waals surface area contributed by atoms with Gasteiger partial charge in [0.05, 0.1) is 4.92 Å². The fraction of sp³-hybridized carbons (Fsp3) is 0.474. The standard InChI is InChI=1S/C19H23FN6O2/c20-14-5-7-16(8-6-14)24-9-11-25(12-10-24)19-17(26(27)28)18(21-13-22-19)23-15-3-1-2-4-15/h5-8,13,15H,1-4,9-12H2,(H,21,22,23). The summed E-state index contributed by atoms with van der Waals surface area (Å²) in [6, 6.07) is 6.62. The van der Waals surface area contributed by atoms with Crippen LogP contribution in [0.5, 0.6) is 0 Å². The Morgan fingerprint density at radius 3 is 2.32 bits per heavy atom. The highest BCUT2D eigenvalue weighted by Gasteiger charge is 2.30. The maximum Gasteiger partial charge on any atom is 0.353 e. The Hall–Kier alpha value is -2.97. The predicted molar refractivity (Wildman–Crippen MR) is 105 cm³/mol. The molecule has 2 heterocycles. The molecule has 1 aliphatic carbocycles. The van der Waals surface area contributed by atoms with Crippen molar-refractivity contribution in [2.75, 3.05) is 41.3 Å². The van der Waals surface area contributed by atoms with Gasteiger partial charge in [0, 0.05) is 37.9 Å². The van der Waals surface area contributed by atoms with Crippen LogP contribution in [0.1, 0.15) is 25.7 Å². The quantitative estimate of drug-likeness (QED) is 0.624. The summed E-state index contributed by atoms with van der Waals surface area (Å²) < 4.78 is 13.1. The summed E-state index contributed by atoms with van der Waals surface area (Å²) in [6.45, 7) is 2.55. The Bertz CT molecular complexity index is 833. The van der Waals surface area contributed by atoms with E-state index in [0.717, 1.165) is 31.4 Å². The second kappa shape index (κ2) is 7.95. The minimum atomic E-state index is -0.390. The number of nitrogens with zero attached hydrogens (tertiary/aromatic N) is 5. The van der Waals surface area contributed by atoms with Crippen LogP contribution in [0.25, 0.3) is 0 Å². The average molecular weight is 386 g/mol. The summed E-state index contributed by atoms with van der Waals surface area (Å²) in [5, 5.41) is 15.0. The molecule has 0 radical (unpaired) electrons. The predicted octanol–water partition coefficient (Wildman–Crippen LogP) is 3.21. The first-order valence-electron chi connectivity index (χ1n) is 9.63. The number of hydrogen-bond acceptors (Lipinski definition) is 7. The molecule has 0 unspecified atom stereocenters. The summed E-state index contributed by atoms with van der Waals surface area (Å²) in [7, 11) is 0. The number of hydrogen-bond donors (Lipinski definition) is 1. The van der Waals surface area contributed by atoms with Gasteiger partial charge in [-0.25, -0.2) is 14.4 Å². The lowest BCUT2D eigenvalue weighted by Gasteiger charge is -2.36. The van der Waals surface area contributed by atoms with Crippen molar-refractivity contribution in [1.82, 2.24) is 9.97 Å². The first kappa shape index (κ1) is 18.4. The van der Waals surface area contributed by atoms with E-state index in [9.17, 15) is 14.5 Å². The molecule has 0 spiro atoms. The Morgan fingerprint density at radius 1 is 1.04 bits per heavy atom. The maximum atomic E-state index is 13.1. The maximum absolute atomic E-state index is 13.1. The van der Waals surface area contributed by atoms with E-state index in [2.05, 4.69) is 20.2 Å². The van der Waals surface area contributed by atoms with Crippen molar-refractivity contribution in [2.24, 2.45) is 0 Å². The Morgan fingerprint density at radius 2 is 1.68 bits per heavy atom. The van der Waals surface area contributed by atoms with Crippen LogP contribution in [-0.4, -0.2) is 47.1 Å². The van der Waals surface area contributed by atoms with Crippen molar-refractivity contribution in [2.45, 2.75) is 31.7 Å². The van der Waals surface area contributed by atoms with Crippen LogP contribution in [0.3, 0.4) is 0 Å². The van der Waals surface area contributed by atoms with Gasteiger partial charge in [0.2, 0.25) is 11.6 Å². The normalized spacial score (nSPS) is 17.8. The fourth-order valence-corrected chi connectivity index (χ4v) is 3.97. The number of halogens is 1. The lowest BCUT2D eigenvalue weighted by molar-refractivity contribution is -0.383. The number of nitrogens with one attached hydrogen (secondary N) is 1. The van der Waals surface area contributed by atoms with Crippen molar-refractivity contribution >= 4 is 23.0 Å². The van der Waals surface area contributed by atoms with Crippen molar-refractivity contribution in [3.63, 3.8) is 0 Å². The largest absolute Gasteiger partial charge is 0.368 e. The van der Waals surface area contributed by atoms with Gasteiger partial charge in [-0.1, -0.05) is 12.8 Å². The molecular weight excluding hydrogens is 363 g/mol. The summed E-state index contributed by atoms with van der Waals surface area (Å²) in [5.41, 5.74) is 0.895. The molecule has 28 heavy (non-hydrogen) atoms. The van der Waals surface area contributed by atoms with E-state index in [4.69, 9.17) is 0 Å². The number of piperazine rings is 1. The molecular formula is C19H23FN6O2. The van der Waals surface area contributed by atoms with Gasteiger partial charge in [-0.15, -0.1) is 0 Å². The third kappa shape index (κ3) is 3.83. The highest BCUT2D eigenvalue weighted by atomic mass is 19.1. The van der Waals surface area contributed by atoms with Crippen LogP contribution in [0, 0.1) is 15.9 Å². The monoisotopic (exact) mass is 386 g/mol. The molecule has 1 aromatic carbocycles. The summed E-state index contributed by atoms with van der Waals surface area (Å²) in [5.74, 6) is 0.406. The first-order chi connectivity index (χ1) is 13.6. The molecule has 4 rings (SSSR count).